The highest BCUT2D eigenvalue weighted by molar-refractivity contribution is 5.46. The minimum Gasteiger partial charge on any atom is -0.377 e. The van der Waals surface area contributed by atoms with Gasteiger partial charge in [-0.2, -0.15) is 0 Å². The van der Waals surface area contributed by atoms with E-state index in [-0.39, 0.29) is 11.6 Å². The number of methoxy groups -OCH3 is 1. The molecule has 26 heavy (non-hydrogen) atoms. The molecule has 0 amide bonds. The molecule has 0 unspecified atom stereocenters. The van der Waals surface area contributed by atoms with Gasteiger partial charge in [-0.05, 0) is 19.8 Å². The fourth-order valence-corrected chi connectivity index (χ4v) is 3.66. The smallest absolute Gasteiger partial charge is 0.258 e. The molecule has 2 N–H and O–H groups in total. The van der Waals surface area contributed by atoms with E-state index in [2.05, 4.69) is 19.9 Å². The van der Waals surface area contributed by atoms with Crippen LogP contribution in [0.4, 0.5) is 5.82 Å². The van der Waals surface area contributed by atoms with Crippen LogP contribution in [-0.2, 0) is 31.5 Å². The van der Waals surface area contributed by atoms with Crippen LogP contribution < -0.4 is 16.2 Å². The second-order valence-corrected chi connectivity index (χ2v) is 7.23. The summed E-state index contributed by atoms with van der Waals surface area (Å²) in [4.78, 5) is 28.5. The lowest BCUT2D eigenvalue weighted by Gasteiger charge is -2.32. The maximum Gasteiger partial charge on any atom is 0.258 e. The average Bonchev–Trinajstić information content (AvgIpc) is 3.01. The van der Waals surface area contributed by atoms with E-state index in [0.29, 0.717) is 31.4 Å². The van der Waals surface area contributed by atoms with Gasteiger partial charge in [0.05, 0.1) is 24.3 Å². The molecule has 0 radical (unpaired) electrons. The van der Waals surface area contributed by atoms with E-state index in [1.165, 1.54) is 0 Å². The molecule has 2 aromatic rings. The van der Waals surface area contributed by atoms with Gasteiger partial charge >= 0.3 is 0 Å². The van der Waals surface area contributed by atoms with Crippen LogP contribution in [-0.4, -0.2) is 32.7 Å². The van der Waals surface area contributed by atoms with Crippen LogP contribution in [0.3, 0.4) is 0 Å². The van der Waals surface area contributed by atoms with Gasteiger partial charge in [-0.1, -0.05) is 0 Å². The molecule has 8 nitrogen and oxygen atoms in total. The summed E-state index contributed by atoms with van der Waals surface area (Å²) in [6.07, 6.45) is 1.90. The number of hydrogen-bond donors (Lipinski definition) is 1. The highest BCUT2D eigenvalue weighted by atomic mass is 16.5. The Morgan fingerprint density at radius 2 is 2.04 bits per heavy atom. The first kappa shape index (κ1) is 17.1. The lowest BCUT2D eigenvalue weighted by atomic mass is 9.78. The Morgan fingerprint density at radius 1 is 1.27 bits per heavy atom. The van der Waals surface area contributed by atoms with Gasteiger partial charge in [-0.15, -0.1) is 0 Å². The molecule has 0 spiro atoms. The molecule has 1 fully saturated rings. The number of anilines is 1. The standard InChI is InChI=1S/C18H24N6O2/c1-10-20-15-8-24(7-13(15)18(25)23(10)2)17-6-14(11-4-12(19)5-11)21-16(22-17)9-26-3/h6,11-12H,4-5,7-9,19H2,1-3H3. The van der Waals surface area contributed by atoms with Gasteiger partial charge in [0.2, 0.25) is 0 Å². The third-order valence-corrected chi connectivity index (χ3v) is 5.35. The van der Waals surface area contributed by atoms with Crippen molar-refractivity contribution in [1.29, 1.82) is 0 Å². The summed E-state index contributed by atoms with van der Waals surface area (Å²) < 4.78 is 6.83. The largest absolute Gasteiger partial charge is 0.377 e. The van der Waals surface area contributed by atoms with Gasteiger partial charge in [0.15, 0.2) is 5.82 Å². The van der Waals surface area contributed by atoms with E-state index in [1.54, 1.807) is 18.7 Å². The number of hydrogen-bond acceptors (Lipinski definition) is 7. The van der Waals surface area contributed by atoms with Crippen LogP contribution in [0.25, 0.3) is 0 Å². The van der Waals surface area contributed by atoms with Crippen molar-refractivity contribution in [3.8, 4) is 0 Å². The SMILES string of the molecule is COCc1nc(C2CC(N)C2)cc(N2Cc3nc(C)n(C)c(=O)c3C2)n1. The van der Waals surface area contributed by atoms with Gasteiger partial charge in [-0.25, -0.2) is 15.0 Å². The zero-order valence-corrected chi connectivity index (χ0v) is 15.4. The summed E-state index contributed by atoms with van der Waals surface area (Å²) in [5.74, 6) is 2.58. The monoisotopic (exact) mass is 356 g/mol. The molecule has 3 heterocycles. The summed E-state index contributed by atoms with van der Waals surface area (Å²) in [6.45, 7) is 3.31. The van der Waals surface area contributed by atoms with Crippen molar-refractivity contribution in [2.75, 3.05) is 12.0 Å². The quantitative estimate of drug-likeness (QED) is 0.863. The maximum atomic E-state index is 12.5. The Labute approximate surface area is 152 Å². The normalized spacial score (nSPS) is 21.6. The Morgan fingerprint density at radius 3 is 2.73 bits per heavy atom. The third-order valence-electron chi connectivity index (χ3n) is 5.35. The third kappa shape index (κ3) is 2.89. The number of fused-ring (bicyclic) bond motifs is 1. The fourth-order valence-electron chi connectivity index (χ4n) is 3.66. The minimum atomic E-state index is 0.0198. The van der Waals surface area contributed by atoms with Gasteiger partial charge in [0.1, 0.15) is 18.2 Å². The Bertz CT molecular complexity index is 903. The Kier molecular flexibility index (Phi) is 4.24. The summed E-state index contributed by atoms with van der Waals surface area (Å²) in [5, 5.41) is 0. The van der Waals surface area contributed by atoms with Gasteiger partial charge in [0, 0.05) is 37.9 Å². The van der Waals surface area contributed by atoms with E-state index in [0.717, 1.165) is 41.4 Å². The zero-order valence-electron chi connectivity index (χ0n) is 15.4. The van der Waals surface area contributed by atoms with Crippen LogP contribution in [0.5, 0.6) is 0 Å². The van der Waals surface area contributed by atoms with E-state index < -0.39 is 0 Å². The molecule has 1 aliphatic carbocycles. The van der Waals surface area contributed by atoms with Crippen molar-refractivity contribution in [2.24, 2.45) is 12.8 Å². The van der Waals surface area contributed by atoms with Crippen LogP contribution in [0.1, 0.15) is 47.4 Å². The van der Waals surface area contributed by atoms with Crippen LogP contribution in [0.15, 0.2) is 10.9 Å². The molecule has 1 aliphatic heterocycles. The number of aryl methyl sites for hydroxylation is 1. The van der Waals surface area contributed by atoms with E-state index in [4.69, 9.17) is 10.5 Å². The maximum absolute atomic E-state index is 12.5. The molecule has 4 rings (SSSR count). The summed E-state index contributed by atoms with van der Waals surface area (Å²) in [7, 11) is 3.39. The molecule has 0 atom stereocenters. The Balaban J connectivity index is 1.67. The van der Waals surface area contributed by atoms with Gasteiger partial charge in [0.25, 0.3) is 5.56 Å². The lowest BCUT2D eigenvalue weighted by Crippen LogP contribution is -2.35. The van der Waals surface area contributed by atoms with Crippen LogP contribution in [0, 0.1) is 6.92 Å². The number of nitrogens with zero attached hydrogens (tertiary/aromatic N) is 5. The molecule has 8 heteroatoms. The summed E-state index contributed by atoms with van der Waals surface area (Å²) in [5.41, 5.74) is 8.56. The van der Waals surface area contributed by atoms with Gasteiger partial charge in [-0.3, -0.25) is 9.36 Å². The van der Waals surface area contributed by atoms with Crippen molar-refractivity contribution in [3.05, 3.63) is 45.0 Å². The summed E-state index contributed by atoms with van der Waals surface area (Å²) >= 11 is 0. The number of nitrogens with two attached hydrogens (primary N) is 1. The van der Waals surface area contributed by atoms with Crippen molar-refractivity contribution in [2.45, 2.75) is 51.4 Å². The first-order chi connectivity index (χ1) is 12.5. The predicted molar refractivity (Wildman–Crippen MR) is 96.8 cm³/mol. The second kappa shape index (κ2) is 6.44. The number of rotatable bonds is 4. The molecule has 0 saturated heterocycles. The molecule has 0 aromatic carbocycles. The van der Waals surface area contributed by atoms with Crippen molar-refractivity contribution in [1.82, 2.24) is 19.5 Å². The molecule has 138 valence electrons. The number of aromatic nitrogens is 4. The predicted octanol–water partition coefficient (Wildman–Crippen LogP) is 0.750. The van der Waals surface area contributed by atoms with E-state index >= 15 is 0 Å². The summed E-state index contributed by atoms with van der Waals surface area (Å²) in [6, 6.07) is 2.29. The minimum absolute atomic E-state index is 0.0198. The molecular formula is C18H24N6O2. The first-order valence-corrected chi connectivity index (χ1v) is 8.89. The molecule has 2 aromatic heterocycles. The topological polar surface area (TPSA) is 99.2 Å². The molecule has 2 aliphatic rings. The van der Waals surface area contributed by atoms with Crippen LogP contribution in [0.2, 0.25) is 0 Å². The average molecular weight is 356 g/mol. The van der Waals surface area contributed by atoms with E-state index in [9.17, 15) is 4.79 Å². The zero-order chi connectivity index (χ0) is 18.4. The molecular weight excluding hydrogens is 332 g/mol. The second-order valence-electron chi connectivity index (χ2n) is 7.23. The first-order valence-electron chi connectivity index (χ1n) is 8.89. The molecule has 0 bridgehead atoms. The van der Waals surface area contributed by atoms with Crippen LogP contribution >= 0.6 is 0 Å². The van der Waals surface area contributed by atoms with E-state index in [1.807, 2.05) is 13.0 Å². The highest BCUT2D eigenvalue weighted by Gasteiger charge is 2.31. The lowest BCUT2D eigenvalue weighted by molar-refractivity contribution is 0.177. The number of ether oxygens (including phenoxy) is 1. The van der Waals surface area contributed by atoms with Crippen molar-refractivity contribution < 1.29 is 4.74 Å². The van der Waals surface area contributed by atoms with Crippen molar-refractivity contribution >= 4 is 5.82 Å². The Hall–Kier alpha value is -2.32. The highest BCUT2D eigenvalue weighted by Crippen LogP contribution is 2.36. The van der Waals surface area contributed by atoms with Gasteiger partial charge < -0.3 is 15.4 Å². The fraction of sp³-hybridized carbons (Fsp3) is 0.556. The molecule has 1 saturated carbocycles. The van der Waals surface area contributed by atoms with Crippen molar-refractivity contribution in [3.63, 3.8) is 0 Å².